The molecule has 2 aromatic carbocycles. The summed E-state index contributed by atoms with van der Waals surface area (Å²) in [6.07, 6.45) is -21.3. The molecule has 0 saturated heterocycles. The van der Waals surface area contributed by atoms with Crippen LogP contribution in [0.4, 0.5) is 52.7 Å². The quantitative estimate of drug-likeness (QED) is 0.276. The van der Waals surface area contributed by atoms with Gasteiger partial charge in [-0.1, -0.05) is 0 Å². The van der Waals surface area contributed by atoms with Crippen molar-refractivity contribution in [3.8, 4) is 0 Å². The minimum atomic E-state index is -6.14. The van der Waals surface area contributed by atoms with E-state index < -0.39 is 67.2 Å². The second-order valence-corrected chi connectivity index (χ2v) is 17.7. The van der Waals surface area contributed by atoms with Gasteiger partial charge in [-0.15, -0.1) is 0 Å². The zero-order chi connectivity index (χ0) is 24.2. The predicted octanol–water partition coefficient (Wildman–Crippen LogP) is 6.80. The Labute approximate surface area is 176 Å². The van der Waals surface area contributed by atoms with Gasteiger partial charge in [0.2, 0.25) is 0 Å². The molecule has 0 radical (unpaired) electrons. The van der Waals surface area contributed by atoms with Crippen molar-refractivity contribution in [2.45, 2.75) is 24.7 Å². The Bertz CT molecular complexity index is 893. The topological polar surface area (TPSA) is 0 Å². The summed E-state index contributed by atoms with van der Waals surface area (Å²) in [6.45, 7) is 0. The minimum absolute atomic E-state index is 0.00915. The number of hydrogen-bond donors (Lipinski definition) is 0. The Morgan fingerprint density at radius 3 is 1.00 bits per heavy atom. The van der Waals surface area contributed by atoms with Crippen LogP contribution in [0, 0.1) is 0 Å². The van der Waals surface area contributed by atoms with Gasteiger partial charge < -0.3 is 0 Å². The number of rotatable bonds is 2. The molecule has 0 unspecified atom stereocenters. The normalized spacial score (nSPS) is 14.1. The molecule has 0 atom stereocenters. The Hall–Kier alpha value is -1.28. The van der Waals surface area contributed by atoms with Gasteiger partial charge >= 0.3 is 176 Å². The molecule has 0 amide bonds. The van der Waals surface area contributed by atoms with Gasteiger partial charge in [0.15, 0.2) is 0 Å². The summed E-state index contributed by atoms with van der Waals surface area (Å²) in [5.74, 6) is 0. The fourth-order valence-corrected chi connectivity index (χ4v) is 10.2. The van der Waals surface area contributed by atoms with Gasteiger partial charge in [0.1, 0.15) is 0 Å². The standard InChI is InChI=1S/C16H6Cl2F12Ge/c17-31(18,11-5-7(13(19,20)21)1-3-9(11)15(25,26)27)12-6-8(14(22,23)24)2-4-10(12)16(28,29)30/h1-6H. The monoisotopic (exact) mass is 570 g/mol. The summed E-state index contributed by atoms with van der Waals surface area (Å²) >= 11 is -6.14. The zero-order valence-electron chi connectivity index (χ0n) is 14.3. The molecule has 0 aromatic heterocycles. The summed E-state index contributed by atoms with van der Waals surface area (Å²) in [6, 6.07) is -0.496. The fourth-order valence-electron chi connectivity index (χ4n) is 2.60. The van der Waals surface area contributed by atoms with Crippen LogP contribution in [0.15, 0.2) is 36.4 Å². The molecule has 0 N–H and O–H groups in total. The summed E-state index contributed by atoms with van der Waals surface area (Å²) < 4.78 is 155. The Morgan fingerprint density at radius 2 is 0.774 bits per heavy atom. The molecule has 15 heteroatoms. The van der Waals surface area contributed by atoms with E-state index in [0.717, 1.165) is 0 Å². The van der Waals surface area contributed by atoms with Crippen molar-refractivity contribution in [2.75, 3.05) is 0 Å². The molecule has 0 aliphatic heterocycles. The van der Waals surface area contributed by atoms with Crippen LogP contribution >= 0.6 is 20.0 Å². The Morgan fingerprint density at radius 1 is 0.484 bits per heavy atom. The molecule has 0 saturated carbocycles. The molecule has 31 heavy (non-hydrogen) atoms. The van der Waals surface area contributed by atoms with Crippen molar-refractivity contribution in [3.63, 3.8) is 0 Å². The van der Waals surface area contributed by atoms with Crippen LogP contribution in [0.2, 0.25) is 0 Å². The van der Waals surface area contributed by atoms with E-state index >= 15 is 0 Å². The zero-order valence-corrected chi connectivity index (χ0v) is 17.9. The second kappa shape index (κ2) is 7.94. The molecule has 0 aliphatic rings. The average molecular weight is 570 g/mol. The maximum atomic E-state index is 13.4. The van der Waals surface area contributed by atoms with Crippen LogP contribution in [-0.4, -0.2) is 11.4 Å². The van der Waals surface area contributed by atoms with E-state index in [1.54, 1.807) is 0 Å². The van der Waals surface area contributed by atoms with Crippen molar-refractivity contribution in [1.29, 1.82) is 0 Å². The van der Waals surface area contributed by atoms with Gasteiger partial charge in [0.05, 0.1) is 0 Å². The molecule has 0 spiro atoms. The van der Waals surface area contributed by atoms with Crippen LogP contribution in [0.25, 0.3) is 0 Å². The van der Waals surface area contributed by atoms with Crippen LogP contribution in [-0.2, 0) is 24.7 Å². The SMILES string of the molecule is FC(F)(F)c1ccc(C(F)(F)F)[c]([Ge]([Cl])([Cl])[c]2cc(C(F)(F)F)ccc2C(F)(F)F)c1. The molecular formula is C16H6Cl2F12Ge. The first-order valence-corrected chi connectivity index (χ1v) is 15.2. The first-order valence-electron chi connectivity index (χ1n) is 7.62. The molecular weight excluding hydrogens is 564 g/mol. The van der Waals surface area contributed by atoms with Gasteiger partial charge in [-0.25, -0.2) is 0 Å². The van der Waals surface area contributed by atoms with E-state index in [0.29, 0.717) is 0 Å². The molecule has 2 aromatic rings. The average Bonchev–Trinajstić information content (AvgIpc) is 2.57. The van der Waals surface area contributed by atoms with Crippen molar-refractivity contribution in [2.24, 2.45) is 0 Å². The third kappa shape index (κ3) is 5.56. The van der Waals surface area contributed by atoms with Gasteiger partial charge in [-0.3, -0.25) is 0 Å². The molecule has 0 fully saturated rings. The van der Waals surface area contributed by atoms with Gasteiger partial charge in [-0.2, -0.15) is 0 Å². The molecule has 0 nitrogen and oxygen atoms in total. The summed E-state index contributed by atoms with van der Waals surface area (Å²) in [7, 11) is 11.7. The molecule has 0 heterocycles. The van der Waals surface area contributed by atoms with Crippen LogP contribution in [0.5, 0.6) is 0 Å². The predicted molar refractivity (Wildman–Crippen MR) is 89.6 cm³/mol. The van der Waals surface area contributed by atoms with Crippen molar-refractivity contribution in [3.05, 3.63) is 58.7 Å². The van der Waals surface area contributed by atoms with E-state index in [-0.39, 0.29) is 36.4 Å². The van der Waals surface area contributed by atoms with E-state index in [2.05, 4.69) is 0 Å². The van der Waals surface area contributed by atoms with Crippen molar-refractivity contribution >= 4 is 40.2 Å². The first-order chi connectivity index (χ1) is 13.7. The maximum absolute atomic E-state index is 13.4. The van der Waals surface area contributed by atoms with Crippen LogP contribution in [0.1, 0.15) is 22.3 Å². The first kappa shape index (κ1) is 26.0. The van der Waals surface area contributed by atoms with E-state index in [1.807, 2.05) is 0 Å². The molecule has 172 valence electrons. The Kier molecular flexibility index (Phi) is 6.66. The summed E-state index contributed by atoms with van der Waals surface area (Å²) in [4.78, 5) is 0. The van der Waals surface area contributed by atoms with Crippen molar-refractivity contribution < 1.29 is 52.7 Å². The van der Waals surface area contributed by atoms with Gasteiger partial charge in [0, 0.05) is 0 Å². The molecule has 2 rings (SSSR count). The number of benzene rings is 2. The van der Waals surface area contributed by atoms with Gasteiger partial charge in [-0.05, 0) is 0 Å². The summed E-state index contributed by atoms with van der Waals surface area (Å²) in [5.41, 5.74) is -7.19. The van der Waals surface area contributed by atoms with Crippen LogP contribution in [0.3, 0.4) is 0 Å². The molecule has 0 bridgehead atoms. The number of hydrogen-bond acceptors (Lipinski definition) is 0. The second-order valence-electron chi connectivity index (χ2n) is 6.09. The van der Waals surface area contributed by atoms with Crippen molar-refractivity contribution in [1.82, 2.24) is 0 Å². The van der Waals surface area contributed by atoms with E-state index in [4.69, 9.17) is 20.0 Å². The molecule has 0 aliphatic carbocycles. The third-order valence-electron chi connectivity index (χ3n) is 3.98. The summed E-state index contributed by atoms with van der Waals surface area (Å²) in [5, 5.41) is 0. The van der Waals surface area contributed by atoms with E-state index in [1.165, 1.54) is 0 Å². The fraction of sp³-hybridized carbons (Fsp3) is 0.250. The number of halogens is 14. The van der Waals surface area contributed by atoms with E-state index in [9.17, 15) is 52.7 Å². The number of alkyl halides is 12. The third-order valence-corrected chi connectivity index (χ3v) is 12.8. The van der Waals surface area contributed by atoms with Gasteiger partial charge in [0.25, 0.3) is 0 Å². The Balaban J connectivity index is 2.94. The van der Waals surface area contributed by atoms with Crippen LogP contribution < -0.4 is 8.79 Å².